The van der Waals surface area contributed by atoms with E-state index in [1.165, 1.54) is 0 Å². The second-order valence-corrected chi connectivity index (χ2v) is 3.22. The van der Waals surface area contributed by atoms with Crippen molar-refractivity contribution >= 4 is 14.0 Å². The van der Waals surface area contributed by atoms with E-state index in [-0.39, 0.29) is 19.2 Å². The number of rotatable bonds is 6. The van der Waals surface area contributed by atoms with Gasteiger partial charge in [0.15, 0.2) is 6.16 Å². The summed E-state index contributed by atoms with van der Waals surface area (Å²) in [6.45, 7) is 3.72. The summed E-state index contributed by atoms with van der Waals surface area (Å²) in [6.07, 6.45) is 2.02. The highest BCUT2D eigenvalue weighted by atomic mass is 31.1. The SMILES string of the molecule is C=CCCOC(=O)CC[P+](=O)[O-]. The normalized spacial score (nSPS) is 10.6. The monoisotopic (exact) mass is 190 g/mol. The van der Waals surface area contributed by atoms with Crippen LogP contribution < -0.4 is 4.89 Å². The smallest absolute Gasteiger partial charge is 0.310 e. The number of esters is 1. The Bertz CT molecular complexity index is 178. The lowest BCUT2D eigenvalue weighted by Crippen LogP contribution is -2.07. The first-order valence-corrected chi connectivity index (χ1v) is 4.91. The molecular weight excluding hydrogens is 179 g/mol. The van der Waals surface area contributed by atoms with Gasteiger partial charge in [-0.1, -0.05) is 10.6 Å². The molecule has 0 saturated carbocycles. The van der Waals surface area contributed by atoms with Gasteiger partial charge >= 0.3 is 14.0 Å². The van der Waals surface area contributed by atoms with E-state index < -0.39 is 14.0 Å². The van der Waals surface area contributed by atoms with Crippen molar-refractivity contribution in [2.45, 2.75) is 12.8 Å². The maximum atomic E-state index is 10.7. The van der Waals surface area contributed by atoms with E-state index in [1.54, 1.807) is 6.08 Å². The third-order valence-electron chi connectivity index (χ3n) is 1.08. The second kappa shape index (κ2) is 6.95. The van der Waals surface area contributed by atoms with Crippen molar-refractivity contribution in [3.8, 4) is 0 Å². The van der Waals surface area contributed by atoms with Crippen molar-refractivity contribution < 1.29 is 19.0 Å². The van der Waals surface area contributed by atoms with Gasteiger partial charge in [-0.25, -0.2) is 0 Å². The summed E-state index contributed by atoms with van der Waals surface area (Å²) < 4.78 is 14.7. The number of ether oxygens (including phenoxy) is 1. The Morgan fingerprint density at radius 3 is 2.83 bits per heavy atom. The van der Waals surface area contributed by atoms with Crippen molar-refractivity contribution in [3.05, 3.63) is 12.7 Å². The minimum absolute atomic E-state index is 0.0597. The van der Waals surface area contributed by atoms with Crippen molar-refractivity contribution in [1.29, 1.82) is 0 Å². The predicted octanol–water partition coefficient (Wildman–Crippen LogP) is 0.598. The van der Waals surface area contributed by atoms with Crippen molar-refractivity contribution in [1.82, 2.24) is 0 Å². The molecule has 0 aromatic heterocycles. The second-order valence-electron chi connectivity index (χ2n) is 2.10. The molecule has 0 radical (unpaired) electrons. The summed E-state index contributed by atoms with van der Waals surface area (Å²) in [5.74, 6) is -0.476. The van der Waals surface area contributed by atoms with Crippen LogP contribution in [0.25, 0.3) is 0 Å². The van der Waals surface area contributed by atoms with Gasteiger partial charge in [-0.2, -0.15) is 0 Å². The van der Waals surface area contributed by atoms with Crippen molar-refractivity contribution in [3.63, 3.8) is 0 Å². The molecule has 0 N–H and O–H groups in total. The Morgan fingerprint density at radius 1 is 1.67 bits per heavy atom. The lowest BCUT2D eigenvalue weighted by Gasteiger charge is -1.99. The molecular formula is C7H11O4P. The molecule has 0 aromatic rings. The molecule has 68 valence electrons. The first-order valence-electron chi connectivity index (χ1n) is 3.55. The third-order valence-corrected chi connectivity index (χ3v) is 1.67. The third kappa shape index (κ3) is 7.38. The zero-order valence-electron chi connectivity index (χ0n) is 6.69. The quantitative estimate of drug-likeness (QED) is 0.266. The molecule has 5 heteroatoms. The zero-order chi connectivity index (χ0) is 9.40. The molecule has 0 aliphatic heterocycles. The highest BCUT2D eigenvalue weighted by Crippen LogP contribution is 2.08. The number of carbonyl (C=O) groups is 1. The lowest BCUT2D eigenvalue weighted by molar-refractivity contribution is -0.165. The molecule has 0 fully saturated rings. The summed E-state index contributed by atoms with van der Waals surface area (Å²) in [6, 6.07) is 0. The van der Waals surface area contributed by atoms with Gasteiger partial charge in [0.2, 0.25) is 0 Å². The van der Waals surface area contributed by atoms with Gasteiger partial charge in [0.25, 0.3) is 0 Å². The van der Waals surface area contributed by atoms with Crippen LogP contribution in [0.15, 0.2) is 12.7 Å². The number of hydrogen-bond acceptors (Lipinski definition) is 4. The van der Waals surface area contributed by atoms with E-state index in [2.05, 4.69) is 11.3 Å². The molecule has 0 amide bonds. The van der Waals surface area contributed by atoms with Gasteiger partial charge in [0.1, 0.15) is 0 Å². The molecule has 0 spiro atoms. The highest BCUT2D eigenvalue weighted by Gasteiger charge is 2.07. The summed E-state index contributed by atoms with van der Waals surface area (Å²) >= 11 is 0. The molecule has 0 rings (SSSR count). The Kier molecular flexibility index (Phi) is 6.53. The standard InChI is InChI=1S/C7H11O4P/c1-2-3-5-11-7(8)4-6-12(9)10/h2H,1,3-6H2. The molecule has 12 heavy (non-hydrogen) atoms. The molecule has 0 saturated heterocycles. The van der Waals surface area contributed by atoms with Crippen LogP contribution in [0.4, 0.5) is 0 Å². The molecule has 0 heterocycles. The van der Waals surface area contributed by atoms with Crippen molar-refractivity contribution in [2.75, 3.05) is 12.8 Å². The van der Waals surface area contributed by atoms with Gasteiger partial charge < -0.3 is 9.63 Å². The van der Waals surface area contributed by atoms with E-state index in [4.69, 9.17) is 0 Å². The lowest BCUT2D eigenvalue weighted by atomic mass is 10.4. The van der Waals surface area contributed by atoms with Gasteiger partial charge in [-0.3, -0.25) is 4.79 Å². The first-order chi connectivity index (χ1) is 5.66. The maximum Gasteiger partial charge on any atom is 0.310 e. The number of carbonyl (C=O) groups excluding carboxylic acids is 1. The topological polar surface area (TPSA) is 66.4 Å². The summed E-state index contributed by atoms with van der Waals surface area (Å²) in [7, 11) is -2.47. The fourth-order valence-electron chi connectivity index (χ4n) is 0.511. The zero-order valence-corrected chi connectivity index (χ0v) is 7.59. The van der Waals surface area contributed by atoms with Crippen LogP contribution in [0.1, 0.15) is 12.8 Å². The van der Waals surface area contributed by atoms with E-state index in [0.717, 1.165) is 0 Å². The fraction of sp³-hybridized carbons (Fsp3) is 0.571. The number of hydrogen-bond donors (Lipinski definition) is 0. The van der Waals surface area contributed by atoms with Crippen LogP contribution >= 0.6 is 8.03 Å². The van der Waals surface area contributed by atoms with Crippen LogP contribution in [0, 0.1) is 0 Å². The molecule has 0 bridgehead atoms. The Labute approximate surface area is 72.1 Å². The maximum absolute atomic E-state index is 10.7. The highest BCUT2D eigenvalue weighted by molar-refractivity contribution is 7.36. The van der Waals surface area contributed by atoms with Gasteiger partial charge in [0, 0.05) is 0 Å². The van der Waals surface area contributed by atoms with Crippen LogP contribution in [0.2, 0.25) is 0 Å². The fourth-order valence-corrected chi connectivity index (χ4v) is 0.876. The van der Waals surface area contributed by atoms with Gasteiger partial charge in [0.05, 0.1) is 13.0 Å². The Morgan fingerprint density at radius 2 is 2.33 bits per heavy atom. The van der Waals surface area contributed by atoms with Crippen LogP contribution in [-0.4, -0.2) is 18.7 Å². The van der Waals surface area contributed by atoms with Gasteiger partial charge in [-0.15, -0.1) is 6.58 Å². The Hall–Kier alpha value is -0.730. The molecule has 0 aliphatic rings. The average Bonchev–Trinajstić information content (AvgIpc) is 2.01. The molecule has 0 aliphatic carbocycles. The summed E-state index contributed by atoms with van der Waals surface area (Å²) in [5.41, 5.74) is 0. The van der Waals surface area contributed by atoms with E-state index in [9.17, 15) is 14.3 Å². The molecule has 4 nitrogen and oxygen atoms in total. The minimum atomic E-state index is -2.47. The first kappa shape index (κ1) is 11.3. The van der Waals surface area contributed by atoms with Gasteiger partial charge in [-0.05, 0) is 6.42 Å². The molecule has 1 unspecified atom stereocenters. The van der Waals surface area contributed by atoms with E-state index in [0.29, 0.717) is 6.42 Å². The summed E-state index contributed by atoms with van der Waals surface area (Å²) in [5, 5.41) is 0. The van der Waals surface area contributed by atoms with Crippen LogP contribution in [0.3, 0.4) is 0 Å². The van der Waals surface area contributed by atoms with E-state index >= 15 is 0 Å². The Balaban J connectivity index is 3.33. The van der Waals surface area contributed by atoms with Crippen LogP contribution in [0.5, 0.6) is 0 Å². The summed E-state index contributed by atoms with van der Waals surface area (Å²) in [4.78, 5) is 20.7. The molecule has 0 aromatic carbocycles. The largest absolute Gasteiger partial charge is 0.596 e. The van der Waals surface area contributed by atoms with E-state index in [1.807, 2.05) is 0 Å². The van der Waals surface area contributed by atoms with Crippen LogP contribution in [-0.2, 0) is 14.1 Å². The van der Waals surface area contributed by atoms with Crippen molar-refractivity contribution in [2.24, 2.45) is 0 Å². The predicted molar refractivity (Wildman–Crippen MR) is 42.9 cm³/mol. The average molecular weight is 190 g/mol. The molecule has 1 atom stereocenters. The minimum Gasteiger partial charge on any atom is -0.596 e.